The first-order chi connectivity index (χ1) is 16.6. The molecule has 1 N–H and O–H groups in total. The third-order valence-electron chi connectivity index (χ3n) is 5.54. The summed E-state index contributed by atoms with van der Waals surface area (Å²) in [5.41, 5.74) is 3.34. The van der Waals surface area contributed by atoms with Crippen molar-refractivity contribution in [2.75, 3.05) is 22.8 Å². The van der Waals surface area contributed by atoms with Crippen molar-refractivity contribution in [1.82, 2.24) is 0 Å². The van der Waals surface area contributed by atoms with E-state index in [4.69, 9.17) is 4.74 Å². The molecule has 0 radical (unpaired) electrons. The Morgan fingerprint density at radius 3 is 2.20 bits per heavy atom. The van der Waals surface area contributed by atoms with E-state index >= 15 is 0 Å². The van der Waals surface area contributed by atoms with Gasteiger partial charge in [-0.3, -0.25) is 9.10 Å². The Morgan fingerprint density at radius 1 is 0.943 bits per heavy atom. The van der Waals surface area contributed by atoms with Crippen molar-refractivity contribution in [3.05, 3.63) is 89.5 Å². The summed E-state index contributed by atoms with van der Waals surface area (Å²) in [5, 5.41) is 2.83. The van der Waals surface area contributed by atoms with Gasteiger partial charge in [-0.25, -0.2) is 13.2 Å². The minimum atomic E-state index is -3.81. The van der Waals surface area contributed by atoms with E-state index in [0.29, 0.717) is 5.69 Å². The van der Waals surface area contributed by atoms with Gasteiger partial charge in [0, 0.05) is 12.2 Å². The molecule has 0 heterocycles. The summed E-state index contributed by atoms with van der Waals surface area (Å²) in [7, 11) is -3.81. The van der Waals surface area contributed by atoms with E-state index in [2.05, 4.69) is 5.32 Å². The van der Waals surface area contributed by atoms with Crippen LogP contribution in [0.25, 0.3) is 0 Å². The number of esters is 1. The number of rotatable bonds is 9. The largest absolute Gasteiger partial charge is 0.452 e. The second-order valence-corrected chi connectivity index (χ2v) is 10.2. The van der Waals surface area contributed by atoms with Gasteiger partial charge in [0.1, 0.15) is 0 Å². The van der Waals surface area contributed by atoms with Gasteiger partial charge in [-0.1, -0.05) is 50.2 Å². The third-order valence-corrected chi connectivity index (χ3v) is 7.45. The second-order valence-electron chi connectivity index (χ2n) is 8.35. The van der Waals surface area contributed by atoms with Crippen molar-refractivity contribution in [2.45, 2.75) is 38.5 Å². The molecule has 7 nitrogen and oxygen atoms in total. The zero-order valence-electron chi connectivity index (χ0n) is 20.3. The van der Waals surface area contributed by atoms with Crippen LogP contribution in [0.2, 0.25) is 0 Å². The molecule has 0 aromatic heterocycles. The summed E-state index contributed by atoms with van der Waals surface area (Å²) in [6.07, 6.45) is 0. The normalized spacial score (nSPS) is 11.2. The standard InChI is InChI=1S/C27H30N2O5S/c1-5-29(22-11-7-6-8-12-22)35(32,33)23-16-14-21(15-17-23)27(31)34-18-25(30)28-26-20(4)10-9-13-24(26)19(2)3/h6-17,19H,5,18H2,1-4H3,(H,28,30). The zero-order valence-corrected chi connectivity index (χ0v) is 21.1. The minimum absolute atomic E-state index is 0.0539. The lowest BCUT2D eigenvalue weighted by molar-refractivity contribution is -0.119. The molecule has 3 aromatic rings. The van der Waals surface area contributed by atoms with E-state index in [1.807, 2.05) is 45.0 Å². The van der Waals surface area contributed by atoms with Crippen LogP contribution in [0.1, 0.15) is 48.2 Å². The molecule has 0 aliphatic carbocycles. The van der Waals surface area contributed by atoms with E-state index in [9.17, 15) is 18.0 Å². The number of ether oxygens (including phenoxy) is 1. The highest BCUT2D eigenvalue weighted by Crippen LogP contribution is 2.27. The van der Waals surface area contributed by atoms with E-state index in [0.717, 1.165) is 16.8 Å². The predicted molar refractivity (Wildman–Crippen MR) is 137 cm³/mol. The summed E-state index contributed by atoms with van der Waals surface area (Å²) in [6, 6.07) is 20.1. The van der Waals surface area contributed by atoms with E-state index in [-0.39, 0.29) is 22.9 Å². The molecule has 0 saturated carbocycles. The lowest BCUT2D eigenvalue weighted by Gasteiger charge is -2.22. The Labute approximate surface area is 206 Å². The van der Waals surface area contributed by atoms with Gasteiger partial charge in [0.15, 0.2) is 6.61 Å². The number of carbonyl (C=O) groups excluding carboxylic acids is 2. The molecule has 184 valence electrons. The molecule has 3 aromatic carbocycles. The average molecular weight is 495 g/mol. The Bertz CT molecular complexity index is 1290. The Hall–Kier alpha value is -3.65. The maximum atomic E-state index is 13.1. The number of nitrogens with one attached hydrogen (secondary N) is 1. The van der Waals surface area contributed by atoms with E-state index in [1.54, 1.807) is 31.2 Å². The van der Waals surface area contributed by atoms with Crippen LogP contribution < -0.4 is 9.62 Å². The zero-order chi connectivity index (χ0) is 25.6. The lowest BCUT2D eigenvalue weighted by atomic mass is 9.98. The van der Waals surface area contributed by atoms with Crippen molar-refractivity contribution < 1.29 is 22.7 Å². The van der Waals surface area contributed by atoms with Crippen molar-refractivity contribution in [3.8, 4) is 0 Å². The molecule has 0 unspecified atom stereocenters. The second kappa shape index (κ2) is 11.2. The highest BCUT2D eigenvalue weighted by Gasteiger charge is 2.24. The van der Waals surface area contributed by atoms with Gasteiger partial charge in [-0.05, 0) is 67.3 Å². The smallest absolute Gasteiger partial charge is 0.338 e. The van der Waals surface area contributed by atoms with Crippen LogP contribution in [0.3, 0.4) is 0 Å². The first kappa shape index (κ1) is 26.0. The number of anilines is 2. The summed E-state index contributed by atoms with van der Waals surface area (Å²) < 4.78 is 32.6. The molecular formula is C27H30N2O5S. The van der Waals surface area contributed by atoms with Crippen molar-refractivity contribution in [1.29, 1.82) is 0 Å². The number of hydrogen-bond donors (Lipinski definition) is 1. The number of hydrogen-bond acceptors (Lipinski definition) is 5. The lowest BCUT2D eigenvalue weighted by Crippen LogP contribution is -2.30. The Morgan fingerprint density at radius 2 is 1.60 bits per heavy atom. The Kier molecular flexibility index (Phi) is 8.30. The van der Waals surface area contributed by atoms with E-state index < -0.39 is 28.5 Å². The molecule has 0 aliphatic rings. The summed E-state index contributed by atoms with van der Waals surface area (Å²) in [5.74, 6) is -0.948. The molecule has 1 amide bonds. The number of nitrogens with zero attached hydrogens (tertiary/aromatic N) is 1. The van der Waals surface area contributed by atoms with Crippen LogP contribution in [-0.2, 0) is 19.6 Å². The maximum Gasteiger partial charge on any atom is 0.338 e. The molecule has 0 atom stereocenters. The molecule has 3 rings (SSSR count). The number of aryl methyl sites for hydroxylation is 1. The first-order valence-electron chi connectivity index (χ1n) is 11.4. The van der Waals surface area contributed by atoms with E-state index in [1.165, 1.54) is 28.6 Å². The third kappa shape index (κ3) is 6.08. The van der Waals surface area contributed by atoms with Crippen molar-refractivity contribution in [3.63, 3.8) is 0 Å². The molecule has 0 bridgehead atoms. The molecular weight excluding hydrogens is 464 g/mol. The summed E-state index contributed by atoms with van der Waals surface area (Å²) in [6.45, 7) is 7.53. The van der Waals surface area contributed by atoms with Gasteiger partial charge in [0.05, 0.1) is 16.1 Å². The van der Waals surface area contributed by atoms with Crippen LogP contribution in [0.15, 0.2) is 77.7 Å². The molecule has 8 heteroatoms. The molecule has 0 spiro atoms. The maximum absolute atomic E-state index is 13.1. The monoisotopic (exact) mass is 494 g/mol. The van der Waals surface area contributed by atoms with Gasteiger partial charge < -0.3 is 10.1 Å². The minimum Gasteiger partial charge on any atom is -0.452 e. The molecule has 0 fully saturated rings. The number of sulfonamides is 1. The number of amides is 1. The molecule has 35 heavy (non-hydrogen) atoms. The van der Waals surface area contributed by atoms with Gasteiger partial charge in [-0.2, -0.15) is 0 Å². The average Bonchev–Trinajstić information content (AvgIpc) is 2.84. The predicted octanol–water partition coefficient (Wildman–Crippen LogP) is 5.13. The van der Waals surface area contributed by atoms with Gasteiger partial charge in [-0.15, -0.1) is 0 Å². The fraction of sp³-hybridized carbons (Fsp3) is 0.259. The topological polar surface area (TPSA) is 92.8 Å². The SMILES string of the molecule is CCN(c1ccccc1)S(=O)(=O)c1ccc(C(=O)OCC(=O)Nc2c(C)cccc2C(C)C)cc1. The van der Waals surface area contributed by atoms with Crippen LogP contribution >= 0.6 is 0 Å². The number of benzene rings is 3. The molecule has 0 saturated heterocycles. The first-order valence-corrected chi connectivity index (χ1v) is 12.8. The van der Waals surface area contributed by atoms with Gasteiger partial charge in [0.2, 0.25) is 0 Å². The van der Waals surface area contributed by atoms with Crippen LogP contribution in [0.5, 0.6) is 0 Å². The van der Waals surface area contributed by atoms with Crippen molar-refractivity contribution in [2.24, 2.45) is 0 Å². The highest BCUT2D eigenvalue weighted by molar-refractivity contribution is 7.92. The fourth-order valence-electron chi connectivity index (χ4n) is 3.71. The molecule has 0 aliphatic heterocycles. The number of para-hydroxylation sites is 2. The van der Waals surface area contributed by atoms with Crippen molar-refractivity contribution >= 4 is 33.3 Å². The van der Waals surface area contributed by atoms with Gasteiger partial charge in [0.25, 0.3) is 15.9 Å². The summed E-state index contributed by atoms with van der Waals surface area (Å²) in [4.78, 5) is 24.9. The van der Waals surface area contributed by atoms with Crippen LogP contribution in [-0.4, -0.2) is 33.4 Å². The quantitative estimate of drug-likeness (QED) is 0.416. The number of carbonyl (C=O) groups is 2. The highest BCUT2D eigenvalue weighted by atomic mass is 32.2. The fourth-order valence-corrected chi connectivity index (χ4v) is 5.18. The van der Waals surface area contributed by atoms with Gasteiger partial charge >= 0.3 is 5.97 Å². The summed E-state index contributed by atoms with van der Waals surface area (Å²) >= 11 is 0. The Balaban J connectivity index is 1.66. The van der Waals surface area contributed by atoms with Crippen LogP contribution in [0.4, 0.5) is 11.4 Å². The van der Waals surface area contributed by atoms with Crippen LogP contribution in [0, 0.1) is 6.92 Å².